The van der Waals surface area contributed by atoms with E-state index >= 15 is 0 Å². The van der Waals surface area contributed by atoms with Crippen LogP contribution in [0, 0.1) is 0 Å². The van der Waals surface area contributed by atoms with E-state index in [1.807, 2.05) is 36.5 Å². The molecule has 0 saturated carbocycles. The number of fused-ring (bicyclic) bond motifs is 5. The van der Waals surface area contributed by atoms with Crippen molar-refractivity contribution in [1.29, 1.82) is 0 Å². The summed E-state index contributed by atoms with van der Waals surface area (Å²) < 4.78 is 0. The molecule has 0 unspecified atom stereocenters. The molecule has 9 aromatic rings. The minimum Gasteiger partial charge on any atom is -0.254 e. The van der Waals surface area contributed by atoms with Gasteiger partial charge in [-0.15, -0.1) is 0 Å². The van der Waals surface area contributed by atoms with Crippen molar-refractivity contribution in [3.63, 3.8) is 0 Å². The van der Waals surface area contributed by atoms with Crippen LogP contribution in [0.5, 0.6) is 0 Å². The molecule has 4 nitrogen and oxygen atoms in total. The molecule has 4 heteroatoms. The predicted molar refractivity (Wildman–Crippen MR) is 189 cm³/mol. The lowest BCUT2D eigenvalue weighted by molar-refractivity contribution is 1.23. The van der Waals surface area contributed by atoms with Crippen molar-refractivity contribution >= 4 is 43.6 Å². The Hall–Kier alpha value is -6.26. The molecule has 46 heavy (non-hydrogen) atoms. The lowest BCUT2D eigenvalue weighted by Gasteiger charge is -2.13. The van der Waals surface area contributed by atoms with E-state index in [9.17, 15) is 0 Å². The highest BCUT2D eigenvalue weighted by Crippen LogP contribution is 2.38. The van der Waals surface area contributed by atoms with Crippen molar-refractivity contribution in [1.82, 2.24) is 19.9 Å². The largest absolute Gasteiger partial charge is 0.254 e. The fraction of sp³-hybridized carbons (Fsp3) is 0. The quantitative estimate of drug-likeness (QED) is 0.152. The van der Waals surface area contributed by atoms with Crippen LogP contribution < -0.4 is 0 Å². The van der Waals surface area contributed by atoms with E-state index < -0.39 is 0 Å². The normalized spacial score (nSPS) is 11.5. The molecule has 0 spiro atoms. The monoisotopic (exact) mass is 586 g/mol. The SMILES string of the molecule is c1ccc(-c2ccc(-c3nc(-c4ccc(-c5c6ccccc6nc6c5ccc5cccnc56)cc4)nc4ccccc34)cc2)cc1. The molecule has 0 aliphatic rings. The van der Waals surface area contributed by atoms with Crippen LogP contribution in [0.2, 0.25) is 0 Å². The standard InChI is InChI=1S/C42H26N4/c1-2-9-27(10-3-1)28-16-20-31(21-17-28)39-34-13-5-7-15-37(34)45-42(46-39)32-22-18-29(19-23-32)38-33-12-4-6-14-36(33)44-41-35(38)25-24-30-11-8-26-43-40(30)41/h1-26H. The molecule has 0 amide bonds. The molecule has 3 aromatic heterocycles. The van der Waals surface area contributed by atoms with Gasteiger partial charge in [-0.25, -0.2) is 15.0 Å². The molecular weight excluding hydrogens is 560 g/mol. The summed E-state index contributed by atoms with van der Waals surface area (Å²) in [6, 6.07) is 52.6. The summed E-state index contributed by atoms with van der Waals surface area (Å²) >= 11 is 0. The fourth-order valence-corrected chi connectivity index (χ4v) is 6.47. The summed E-state index contributed by atoms with van der Waals surface area (Å²) in [5.74, 6) is 0.701. The maximum atomic E-state index is 5.15. The average molecular weight is 587 g/mol. The molecule has 0 aliphatic heterocycles. The first-order valence-electron chi connectivity index (χ1n) is 15.4. The average Bonchev–Trinajstić information content (AvgIpc) is 3.14. The van der Waals surface area contributed by atoms with Gasteiger partial charge in [0.25, 0.3) is 0 Å². The third kappa shape index (κ3) is 4.39. The van der Waals surface area contributed by atoms with Gasteiger partial charge in [0.2, 0.25) is 0 Å². The molecule has 214 valence electrons. The van der Waals surface area contributed by atoms with Crippen molar-refractivity contribution in [2.24, 2.45) is 0 Å². The number of para-hydroxylation sites is 2. The topological polar surface area (TPSA) is 51.6 Å². The molecule has 0 atom stereocenters. The van der Waals surface area contributed by atoms with Crippen molar-refractivity contribution in [2.45, 2.75) is 0 Å². The number of rotatable bonds is 4. The van der Waals surface area contributed by atoms with Gasteiger partial charge in [0, 0.05) is 44.4 Å². The highest BCUT2D eigenvalue weighted by Gasteiger charge is 2.16. The number of hydrogen-bond acceptors (Lipinski definition) is 4. The molecule has 0 aliphatic carbocycles. The van der Waals surface area contributed by atoms with Gasteiger partial charge in [-0.1, -0.05) is 133 Å². The number of nitrogens with zero attached hydrogens (tertiary/aromatic N) is 4. The van der Waals surface area contributed by atoms with Gasteiger partial charge in [0.05, 0.1) is 27.8 Å². The first-order valence-corrected chi connectivity index (χ1v) is 15.4. The van der Waals surface area contributed by atoms with E-state index in [0.29, 0.717) is 5.82 Å². The first-order chi connectivity index (χ1) is 22.8. The minimum atomic E-state index is 0.701. The Labute approximate surface area is 265 Å². The summed E-state index contributed by atoms with van der Waals surface area (Å²) in [6.45, 7) is 0. The Bertz CT molecular complexity index is 2560. The van der Waals surface area contributed by atoms with Crippen LogP contribution in [0.4, 0.5) is 0 Å². The molecule has 3 heterocycles. The lowest BCUT2D eigenvalue weighted by Crippen LogP contribution is -1.95. The van der Waals surface area contributed by atoms with E-state index in [1.165, 1.54) is 11.1 Å². The Kier molecular flexibility index (Phi) is 6.10. The van der Waals surface area contributed by atoms with Gasteiger partial charge in [-0.2, -0.15) is 0 Å². The maximum absolute atomic E-state index is 5.15. The Morgan fingerprint density at radius 1 is 0.348 bits per heavy atom. The molecule has 0 fully saturated rings. The van der Waals surface area contributed by atoms with Gasteiger partial charge in [-0.05, 0) is 34.9 Å². The van der Waals surface area contributed by atoms with E-state index in [1.54, 1.807) is 0 Å². The van der Waals surface area contributed by atoms with Gasteiger partial charge in [-0.3, -0.25) is 4.98 Å². The second kappa shape index (κ2) is 10.7. The van der Waals surface area contributed by atoms with Crippen LogP contribution in [0.3, 0.4) is 0 Å². The van der Waals surface area contributed by atoms with Crippen LogP contribution in [-0.2, 0) is 0 Å². The number of benzene rings is 6. The summed E-state index contributed by atoms with van der Waals surface area (Å²) in [6.07, 6.45) is 1.84. The number of pyridine rings is 2. The van der Waals surface area contributed by atoms with Crippen LogP contribution in [0.15, 0.2) is 158 Å². The van der Waals surface area contributed by atoms with Gasteiger partial charge in [0.1, 0.15) is 0 Å². The summed E-state index contributed by atoms with van der Waals surface area (Å²) in [5.41, 5.74) is 11.3. The number of aromatic nitrogens is 4. The fourth-order valence-electron chi connectivity index (χ4n) is 6.47. The molecule has 6 aromatic carbocycles. The molecule has 0 N–H and O–H groups in total. The second-order valence-corrected chi connectivity index (χ2v) is 11.5. The summed E-state index contributed by atoms with van der Waals surface area (Å²) in [5, 5.41) is 4.31. The van der Waals surface area contributed by atoms with Crippen molar-refractivity contribution in [3.8, 4) is 44.9 Å². The highest BCUT2D eigenvalue weighted by molar-refractivity contribution is 6.15. The summed E-state index contributed by atoms with van der Waals surface area (Å²) in [4.78, 5) is 19.9. The first kappa shape index (κ1) is 26.2. The van der Waals surface area contributed by atoms with Crippen LogP contribution in [0.1, 0.15) is 0 Å². The molecule has 0 bridgehead atoms. The molecule has 9 rings (SSSR count). The third-order valence-electron chi connectivity index (χ3n) is 8.72. The van der Waals surface area contributed by atoms with Crippen molar-refractivity contribution in [2.75, 3.05) is 0 Å². The van der Waals surface area contributed by atoms with Crippen molar-refractivity contribution in [3.05, 3.63) is 158 Å². The van der Waals surface area contributed by atoms with E-state index in [-0.39, 0.29) is 0 Å². The zero-order valence-corrected chi connectivity index (χ0v) is 24.8. The Morgan fingerprint density at radius 2 is 0.978 bits per heavy atom. The van der Waals surface area contributed by atoms with Crippen LogP contribution in [-0.4, -0.2) is 19.9 Å². The van der Waals surface area contributed by atoms with Gasteiger partial charge >= 0.3 is 0 Å². The van der Waals surface area contributed by atoms with Gasteiger partial charge < -0.3 is 0 Å². The lowest BCUT2D eigenvalue weighted by atomic mass is 9.94. The maximum Gasteiger partial charge on any atom is 0.160 e. The van der Waals surface area contributed by atoms with E-state index in [4.69, 9.17) is 19.9 Å². The highest BCUT2D eigenvalue weighted by atomic mass is 14.9. The third-order valence-corrected chi connectivity index (χ3v) is 8.72. The molecular formula is C42H26N4. The Balaban J connectivity index is 1.17. The predicted octanol–water partition coefficient (Wildman–Crippen LogP) is 10.5. The van der Waals surface area contributed by atoms with Crippen LogP contribution >= 0.6 is 0 Å². The molecule has 0 radical (unpaired) electrons. The Morgan fingerprint density at radius 3 is 1.78 bits per heavy atom. The van der Waals surface area contributed by atoms with E-state index in [0.717, 1.165) is 71.6 Å². The van der Waals surface area contributed by atoms with Crippen LogP contribution in [0.25, 0.3) is 88.5 Å². The van der Waals surface area contributed by atoms with Crippen molar-refractivity contribution < 1.29 is 0 Å². The zero-order valence-electron chi connectivity index (χ0n) is 24.8. The zero-order chi connectivity index (χ0) is 30.5. The smallest absolute Gasteiger partial charge is 0.160 e. The molecule has 0 saturated heterocycles. The summed E-state index contributed by atoms with van der Waals surface area (Å²) in [7, 11) is 0. The second-order valence-electron chi connectivity index (χ2n) is 11.5. The number of hydrogen-bond donors (Lipinski definition) is 0. The van der Waals surface area contributed by atoms with E-state index in [2.05, 4.69) is 121 Å². The van der Waals surface area contributed by atoms with Gasteiger partial charge in [0.15, 0.2) is 5.82 Å². The minimum absolute atomic E-state index is 0.701.